The van der Waals surface area contributed by atoms with Gasteiger partial charge in [-0.3, -0.25) is 4.79 Å². The van der Waals surface area contributed by atoms with Crippen LogP contribution in [-0.2, 0) is 9.59 Å². The molecule has 108 valence electrons. The molecule has 6 heteroatoms. The number of nitrogens with one attached hydrogen (secondary N) is 1. The minimum absolute atomic E-state index is 0.215. The van der Waals surface area contributed by atoms with Crippen LogP contribution in [0.25, 0.3) is 6.08 Å². The minimum Gasteiger partial charge on any atom is -0.478 e. The number of hydrogen-bond donors (Lipinski definition) is 3. The van der Waals surface area contributed by atoms with E-state index < -0.39 is 12.0 Å². The Morgan fingerprint density at radius 3 is 2.60 bits per heavy atom. The third kappa shape index (κ3) is 5.90. The number of amides is 1. The van der Waals surface area contributed by atoms with E-state index in [2.05, 4.69) is 5.32 Å². The number of aliphatic carboxylic acids is 1. The summed E-state index contributed by atoms with van der Waals surface area (Å²) in [5.41, 5.74) is 7.15. The molecule has 0 aromatic heterocycles. The minimum atomic E-state index is -0.998. The Kier molecular flexibility index (Phi) is 6.83. The summed E-state index contributed by atoms with van der Waals surface area (Å²) in [5.74, 6) is -0.372. The fourth-order valence-electron chi connectivity index (χ4n) is 1.46. The molecule has 1 amide bonds. The summed E-state index contributed by atoms with van der Waals surface area (Å²) in [6, 6.07) is 6.35. The first kappa shape index (κ1) is 16.3. The van der Waals surface area contributed by atoms with Crippen molar-refractivity contribution >= 4 is 35.4 Å². The highest BCUT2D eigenvalue weighted by Crippen LogP contribution is 2.11. The molecule has 0 unspecified atom stereocenters. The van der Waals surface area contributed by atoms with Crippen LogP contribution in [0.4, 0.5) is 5.69 Å². The number of rotatable bonds is 7. The highest BCUT2D eigenvalue weighted by Gasteiger charge is 2.12. The first-order valence-corrected chi connectivity index (χ1v) is 7.48. The summed E-state index contributed by atoms with van der Waals surface area (Å²) in [5, 5.41) is 11.2. The Morgan fingerprint density at radius 1 is 1.40 bits per heavy atom. The van der Waals surface area contributed by atoms with Crippen LogP contribution in [0.5, 0.6) is 0 Å². The van der Waals surface area contributed by atoms with E-state index in [1.165, 1.54) is 6.08 Å². The van der Waals surface area contributed by atoms with Gasteiger partial charge in [0.25, 0.3) is 0 Å². The largest absolute Gasteiger partial charge is 0.478 e. The summed E-state index contributed by atoms with van der Waals surface area (Å²) >= 11 is 1.65. The van der Waals surface area contributed by atoms with Crippen LogP contribution in [0.2, 0.25) is 0 Å². The molecule has 0 aliphatic rings. The van der Waals surface area contributed by atoms with Crippen LogP contribution in [-0.4, -0.2) is 35.0 Å². The van der Waals surface area contributed by atoms with Gasteiger partial charge in [0.15, 0.2) is 0 Å². The lowest BCUT2D eigenvalue weighted by atomic mass is 10.1. The summed E-state index contributed by atoms with van der Waals surface area (Å²) in [7, 11) is 0. The molecule has 1 rings (SSSR count). The number of thioether (sulfide) groups is 1. The molecule has 4 N–H and O–H groups in total. The Hall–Kier alpha value is -1.79. The number of carbonyl (C=O) groups is 2. The topological polar surface area (TPSA) is 92.4 Å². The van der Waals surface area contributed by atoms with Crippen LogP contribution in [0, 0.1) is 0 Å². The molecule has 0 saturated heterocycles. The van der Waals surface area contributed by atoms with Crippen LogP contribution in [0.1, 0.15) is 12.0 Å². The van der Waals surface area contributed by atoms with Crippen LogP contribution >= 0.6 is 11.8 Å². The highest BCUT2D eigenvalue weighted by atomic mass is 32.2. The smallest absolute Gasteiger partial charge is 0.328 e. The fourth-order valence-corrected chi connectivity index (χ4v) is 1.95. The van der Waals surface area contributed by atoms with Crippen LogP contribution in [0.15, 0.2) is 30.3 Å². The monoisotopic (exact) mass is 294 g/mol. The Balaban J connectivity index is 2.56. The van der Waals surface area contributed by atoms with Gasteiger partial charge in [0, 0.05) is 11.8 Å². The molecule has 0 fully saturated rings. The predicted molar refractivity (Wildman–Crippen MR) is 82.7 cm³/mol. The third-order valence-corrected chi connectivity index (χ3v) is 3.21. The van der Waals surface area contributed by atoms with Gasteiger partial charge in [0.05, 0.1) is 6.04 Å². The van der Waals surface area contributed by atoms with Crippen molar-refractivity contribution in [1.82, 2.24) is 0 Å². The van der Waals surface area contributed by atoms with E-state index >= 15 is 0 Å². The summed E-state index contributed by atoms with van der Waals surface area (Å²) in [6.07, 6.45) is 5.14. The lowest BCUT2D eigenvalue weighted by Crippen LogP contribution is -2.36. The van der Waals surface area contributed by atoms with Crippen molar-refractivity contribution in [3.8, 4) is 0 Å². The molecule has 0 aliphatic carbocycles. The molecule has 0 saturated carbocycles. The van der Waals surface area contributed by atoms with Crippen LogP contribution in [0.3, 0.4) is 0 Å². The number of hydrogen-bond acceptors (Lipinski definition) is 4. The van der Waals surface area contributed by atoms with E-state index in [1.54, 1.807) is 36.0 Å². The Labute approximate surface area is 122 Å². The molecule has 0 spiro atoms. The maximum Gasteiger partial charge on any atom is 0.328 e. The normalized spacial score (nSPS) is 12.3. The van der Waals surface area contributed by atoms with E-state index in [0.29, 0.717) is 12.1 Å². The van der Waals surface area contributed by atoms with Crippen molar-refractivity contribution < 1.29 is 14.7 Å². The molecular weight excluding hydrogens is 276 g/mol. The maximum absolute atomic E-state index is 11.8. The van der Waals surface area contributed by atoms with Gasteiger partial charge in [-0.05, 0) is 42.2 Å². The fraction of sp³-hybridized carbons (Fsp3) is 0.286. The van der Waals surface area contributed by atoms with Crippen molar-refractivity contribution in [2.45, 2.75) is 12.5 Å². The molecule has 1 aromatic carbocycles. The predicted octanol–water partition coefficient (Wildman–Crippen LogP) is 1.80. The zero-order chi connectivity index (χ0) is 15.0. The average molecular weight is 294 g/mol. The second kappa shape index (κ2) is 8.39. The molecule has 0 radical (unpaired) electrons. The molecular formula is C14H18N2O3S. The maximum atomic E-state index is 11.8. The average Bonchev–Trinajstić information content (AvgIpc) is 2.43. The first-order chi connectivity index (χ1) is 9.52. The number of anilines is 1. The van der Waals surface area contributed by atoms with E-state index in [9.17, 15) is 9.59 Å². The molecule has 5 nitrogen and oxygen atoms in total. The number of carbonyl (C=O) groups excluding carboxylic acids is 1. The lowest BCUT2D eigenvalue weighted by Gasteiger charge is -2.11. The number of benzene rings is 1. The summed E-state index contributed by atoms with van der Waals surface area (Å²) in [4.78, 5) is 22.2. The van der Waals surface area contributed by atoms with Gasteiger partial charge < -0.3 is 16.2 Å². The Morgan fingerprint density at radius 2 is 2.05 bits per heavy atom. The molecule has 20 heavy (non-hydrogen) atoms. The number of nitrogens with two attached hydrogens (primary N) is 1. The van der Waals surface area contributed by atoms with Crippen LogP contribution < -0.4 is 11.1 Å². The zero-order valence-corrected chi connectivity index (χ0v) is 12.0. The third-order valence-electron chi connectivity index (χ3n) is 2.57. The van der Waals surface area contributed by atoms with E-state index in [0.717, 1.165) is 17.4 Å². The standard InChI is InChI=1S/C14H18N2O3S/c1-20-9-8-12(15)14(19)16-11-5-2-10(3-6-11)4-7-13(17)18/h2-7,12H,8-9,15H2,1H3,(H,16,19)(H,17,18)/b7-4+/t12-/m0/s1. The SMILES string of the molecule is CSCC[C@H](N)C(=O)Nc1ccc(/C=C/C(=O)O)cc1. The van der Waals surface area contributed by atoms with Gasteiger partial charge in [0.2, 0.25) is 5.91 Å². The summed E-state index contributed by atoms with van der Waals surface area (Å²) in [6.45, 7) is 0. The van der Waals surface area contributed by atoms with Crippen molar-refractivity contribution in [2.75, 3.05) is 17.3 Å². The van der Waals surface area contributed by atoms with E-state index in [4.69, 9.17) is 10.8 Å². The summed E-state index contributed by atoms with van der Waals surface area (Å²) < 4.78 is 0. The van der Waals surface area contributed by atoms with Crippen molar-refractivity contribution in [3.05, 3.63) is 35.9 Å². The lowest BCUT2D eigenvalue weighted by molar-refractivity contribution is -0.131. The molecule has 0 bridgehead atoms. The van der Waals surface area contributed by atoms with Crippen molar-refractivity contribution in [1.29, 1.82) is 0 Å². The van der Waals surface area contributed by atoms with Crippen molar-refractivity contribution in [3.63, 3.8) is 0 Å². The number of carboxylic acids is 1. The molecule has 1 aromatic rings. The van der Waals surface area contributed by atoms with E-state index in [1.807, 2.05) is 6.26 Å². The zero-order valence-electron chi connectivity index (χ0n) is 11.2. The quantitative estimate of drug-likeness (QED) is 0.667. The molecule has 1 atom stereocenters. The molecule has 0 aliphatic heterocycles. The first-order valence-electron chi connectivity index (χ1n) is 6.09. The second-order valence-corrected chi connectivity index (χ2v) is 5.16. The van der Waals surface area contributed by atoms with Gasteiger partial charge in [-0.2, -0.15) is 11.8 Å². The van der Waals surface area contributed by atoms with E-state index in [-0.39, 0.29) is 5.91 Å². The highest BCUT2D eigenvalue weighted by molar-refractivity contribution is 7.98. The Bertz CT molecular complexity index is 486. The second-order valence-electron chi connectivity index (χ2n) is 4.17. The number of carboxylic acid groups (broad SMARTS) is 1. The molecule has 0 heterocycles. The van der Waals surface area contributed by atoms with Gasteiger partial charge in [-0.1, -0.05) is 12.1 Å². The van der Waals surface area contributed by atoms with Gasteiger partial charge in [-0.15, -0.1) is 0 Å². The van der Waals surface area contributed by atoms with Gasteiger partial charge in [-0.25, -0.2) is 4.79 Å². The van der Waals surface area contributed by atoms with Gasteiger partial charge in [0.1, 0.15) is 0 Å². The van der Waals surface area contributed by atoms with Crippen molar-refractivity contribution in [2.24, 2.45) is 5.73 Å². The van der Waals surface area contributed by atoms with Gasteiger partial charge >= 0.3 is 5.97 Å².